The molecule has 9 heteroatoms. The zero-order valence-electron chi connectivity index (χ0n) is 19.3. The maximum absolute atomic E-state index is 14.6. The molecule has 1 aromatic heterocycles. The van der Waals surface area contributed by atoms with Crippen LogP contribution in [0.1, 0.15) is 40.9 Å². The van der Waals surface area contributed by atoms with Crippen molar-refractivity contribution in [2.24, 2.45) is 5.92 Å². The number of anilines is 1. The van der Waals surface area contributed by atoms with Gasteiger partial charge in [-0.05, 0) is 54.7 Å². The standard InChI is InChI=1S/C26H26FN3O4S/c1-2-18-6-3-4-7-23(18)28-26(32)21-13-20(10-11-22(21)27)35(33,34)29-14-17-12-19(16-29)24-8-5-9-25(31)30(24)15-17/h3-11,13,17,19H,2,12,14-16H2,1H3,(H,28,32). The molecule has 1 fully saturated rings. The molecule has 0 spiro atoms. The van der Waals surface area contributed by atoms with E-state index in [1.165, 1.54) is 16.4 Å². The molecule has 0 radical (unpaired) electrons. The summed E-state index contributed by atoms with van der Waals surface area (Å²) in [5.41, 5.74) is 1.88. The second-order valence-corrected chi connectivity index (χ2v) is 11.1. The van der Waals surface area contributed by atoms with Crippen LogP contribution < -0.4 is 10.9 Å². The second-order valence-electron chi connectivity index (χ2n) is 9.13. The molecule has 3 aromatic rings. The van der Waals surface area contributed by atoms with Crippen LogP contribution in [0.5, 0.6) is 0 Å². The number of para-hydroxylation sites is 1. The van der Waals surface area contributed by atoms with Gasteiger partial charge >= 0.3 is 0 Å². The molecule has 2 bridgehead atoms. The Balaban J connectivity index is 1.43. The molecule has 0 saturated carbocycles. The molecule has 7 nitrogen and oxygen atoms in total. The second kappa shape index (κ2) is 9.05. The average molecular weight is 496 g/mol. The number of amides is 1. The fraction of sp³-hybridized carbons (Fsp3) is 0.308. The average Bonchev–Trinajstić information content (AvgIpc) is 2.85. The highest BCUT2D eigenvalue weighted by molar-refractivity contribution is 7.89. The van der Waals surface area contributed by atoms with Gasteiger partial charge in [0.1, 0.15) is 5.82 Å². The Labute approximate surface area is 203 Å². The topological polar surface area (TPSA) is 88.5 Å². The number of rotatable bonds is 5. The van der Waals surface area contributed by atoms with Gasteiger partial charge in [-0.25, -0.2) is 12.8 Å². The van der Waals surface area contributed by atoms with Crippen LogP contribution in [0, 0.1) is 11.7 Å². The summed E-state index contributed by atoms with van der Waals surface area (Å²) in [5.74, 6) is -1.59. The lowest BCUT2D eigenvalue weighted by Crippen LogP contribution is -2.49. The lowest BCUT2D eigenvalue weighted by molar-refractivity contribution is 0.102. The van der Waals surface area contributed by atoms with E-state index in [1.807, 2.05) is 25.1 Å². The first-order valence-corrected chi connectivity index (χ1v) is 13.1. The maximum Gasteiger partial charge on any atom is 0.258 e. The molecule has 5 rings (SSSR count). The van der Waals surface area contributed by atoms with Crippen molar-refractivity contribution in [2.75, 3.05) is 18.4 Å². The molecule has 2 aliphatic rings. The van der Waals surface area contributed by atoms with Crippen LogP contribution in [0.15, 0.2) is 70.4 Å². The molecule has 2 aromatic carbocycles. The van der Waals surface area contributed by atoms with E-state index in [0.29, 0.717) is 18.7 Å². The molecular formula is C26H26FN3O4S. The largest absolute Gasteiger partial charge is 0.322 e. The van der Waals surface area contributed by atoms with Crippen molar-refractivity contribution in [1.29, 1.82) is 0 Å². The van der Waals surface area contributed by atoms with Gasteiger partial charge in [0.15, 0.2) is 0 Å². The predicted octanol–water partition coefficient (Wildman–Crippen LogP) is 3.61. The van der Waals surface area contributed by atoms with Crippen molar-refractivity contribution >= 4 is 21.6 Å². The summed E-state index contributed by atoms with van der Waals surface area (Å²) in [6, 6.07) is 15.6. The molecule has 1 N–H and O–H groups in total. The highest BCUT2D eigenvalue weighted by Gasteiger charge is 2.39. The summed E-state index contributed by atoms with van der Waals surface area (Å²) in [4.78, 5) is 25.0. The first-order chi connectivity index (χ1) is 16.8. The lowest BCUT2D eigenvalue weighted by Gasteiger charge is -2.42. The quantitative estimate of drug-likeness (QED) is 0.586. The first kappa shape index (κ1) is 23.4. The number of nitrogens with zero attached hydrogens (tertiary/aromatic N) is 2. The number of carbonyl (C=O) groups is 1. The van der Waals surface area contributed by atoms with E-state index in [-0.39, 0.29) is 40.9 Å². The van der Waals surface area contributed by atoms with E-state index in [2.05, 4.69) is 5.32 Å². The number of sulfonamides is 1. The Morgan fingerprint density at radius 2 is 1.86 bits per heavy atom. The highest BCUT2D eigenvalue weighted by atomic mass is 32.2. The van der Waals surface area contributed by atoms with Crippen LogP contribution in [-0.2, 0) is 23.0 Å². The number of pyridine rings is 1. The van der Waals surface area contributed by atoms with Crippen LogP contribution in [0.3, 0.4) is 0 Å². The van der Waals surface area contributed by atoms with E-state index in [1.54, 1.807) is 22.8 Å². The molecule has 182 valence electrons. The number of nitrogens with one attached hydrogen (secondary N) is 1. The molecule has 3 heterocycles. The summed E-state index contributed by atoms with van der Waals surface area (Å²) < 4.78 is 44.8. The summed E-state index contributed by atoms with van der Waals surface area (Å²) in [6.45, 7) is 2.90. The minimum absolute atomic E-state index is 0.00453. The summed E-state index contributed by atoms with van der Waals surface area (Å²) >= 11 is 0. The SMILES string of the molecule is CCc1ccccc1NC(=O)c1cc(S(=O)(=O)N2CC3CC(C2)c2cccc(=O)n2C3)ccc1F. The van der Waals surface area contributed by atoms with E-state index < -0.39 is 21.7 Å². The predicted molar refractivity (Wildman–Crippen MR) is 130 cm³/mol. The van der Waals surface area contributed by atoms with Crippen molar-refractivity contribution < 1.29 is 17.6 Å². The zero-order chi connectivity index (χ0) is 24.7. The highest BCUT2D eigenvalue weighted by Crippen LogP contribution is 2.37. The van der Waals surface area contributed by atoms with Crippen LogP contribution in [0.25, 0.3) is 0 Å². The molecule has 2 atom stereocenters. The smallest absolute Gasteiger partial charge is 0.258 e. The van der Waals surface area contributed by atoms with Crippen molar-refractivity contribution in [2.45, 2.75) is 37.1 Å². The van der Waals surface area contributed by atoms with E-state index in [9.17, 15) is 22.4 Å². The number of benzene rings is 2. The van der Waals surface area contributed by atoms with Gasteiger partial charge in [0.05, 0.1) is 10.5 Å². The summed E-state index contributed by atoms with van der Waals surface area (Å²) in [7, 11) is -3.98. The molecule has 1 amide bonds. The monoisotopic (exact) mass is 495 g/mol. The normalized spacial score (nSPS) is 19.7. The van der Waals surface area contributed by atoms with Gasteiger partial charge in [-0.2, -0.15) is 4.31 Å². The third-order valence-electron chi connectivity index (χ3n) is 6.91. The van der Waals surface area contributed by atoms with Crippen LogP contribution in [0.4, 0.5) is 10.1 Å². The fourth-order valence-corrected chi connectivity index (χ4v) is 6.77. The third kappa shape index (κ3) is 4.30. The number of fused-ring (bicyclic) bond motifs is 4. The van der Waals surface area contributed by atoms with Gasteiger partial charge in [0.25, 0.3) is 11.5 Å². The number of aromatic nitrogens is 1. The third-order valence-corrected chi connectivity index (χ3v) is 8.74. The molecule has 1 saturated heterocycles. The minimum atomic E-state index is -3.98. The number of hydrogen-bond donors (Lipinski definition) is 1. The number of hydrogen-bond acceptors (Lipinski definition) is 4. The van der Waals surface area contributed by atoms with Crippen LogP contribution >= 0.6 is 0 Å². The number of carbonyl (C=O) groups excluding carboxylic acids is 1. The van der Waals surface area contributed by atoms with Crippen molar-refractivity contribution in [3.63, 3.8) is 0 Å². The minimum Gasteiger partial charge on any atom is -0.322 e. The van der Waals surface area contributed by atoms with Crippen molar-refractivity contribution in [3.05, 3.63) is 93.7 Å². The Hall–Kier alpha value is -3.30. The summed E-state index contributed by atoms with van der Waals surface area (Å²) in [5, 5.41) is 2.71. The number of aryl methyl sites for hydroxylation is 1. The maximum atomic E-state index is 14.6. The van der Waals surface area contributed by atoms with Gasteiger partial charge < -0.3 is 9.88 Å². The van der Waals surface area contributed by atoms with Crippen LogP contribution in [-0.4, -0.2) is 36.3 Å². The molecule has 2 aliphatic heterocycles. The zero-order valence-corrected chi connectivity index (χ0v) is 20.1. The van der Waals surface area contributed by atoms with E-state index >= 15 is 0 Å². The van der Waals surface area contributed by atoms with Crippen LogP contribution in [0.2, 0.25) is 0 Å². The van der Waals surface area contributed by atoms with Crippen molar-refractivity contribution in [3.8, 4) is 0 Å². The Morgan fingerprint density at radius 3 is 2.66 bits per heavy atom. The van der Waals surface area contributed by atoms with Gasteiger partial charge in [0, 0.05) is 43.0 Å². The fourth-order valence-electron chi connectivity index (χ4n) is 5.18. The van der Waals surface area contributed by atoms with E-state index in [0.717, 1.165) is 29.8 Å². The molecule has 35 heavy (non-hydrogen) atoms. The molecular weight excluding hydrogens is 469 g/mol. The number of piperidine rings is 1. The Kier molecular flexibility index (Phi) is 6.06. The van der Waals surface area contributed by atoms with Gasteiger partial charge in [-0.3, -0.25) is 9.59 Å². The number of halogens is 1. The van der Waals surface area contributed by atoms with E-state index in [4.69, 9.17) is 0 Å². The Morgan fingerprint density at radius 1 is 1.06 bits per heavy atom. The molecule has 0 aliphatic carbocycles. The van der Waals surface area contributed by atoms with Gasteiger partial charge in [0.2, 0.25) is 10.0 Å². The lowest BCUT2D eigenvalue weighted by atomic mass is 9.84. The molecule has 2 unspecified atom stereocenters. The summed E-state index contributed by atoms with van der Waals surface area (Å²) in [6.07, 6.45) is 1.49. The Bertz CT molecular complexity index is 1470. The van der Waals surface area contributed by atoms with Gasteiger partial charge in [-0.1, -0.05) is 31.2 Å². The van der Waals surface area contributed by atoms with Crippen molar-refractivity contribution in [1.82, 2.24) is 8.87 Å². The first-order valence-electron chi connectivity index (χ1n) is 11.7. The van der Waals surface area contributed by atoms with Gasteiger partial charge in [-0.15, -0.1) is 0 Å².